The molecule has 9 heteroatoms. The van der Waals surface area contributed by atoms with Gasteiger partial charge in [0.15, 0.2) is 17.1 Å². The molecule has 1 atom stereocenters. The molecule has 0 aliphatic carbocycles. The molecule has 0 saturated carbocycles. The second kappa shape index (κ2) is 11.2. The number of hydrogen-bond acceptors (Lipinski definition) is 6. The Kier molecular flexibility index (Phi) is 8.33. The molecule has 1 heterocycles. The van der Waals surface area contributed by atoms with Crippen LogP contribution in [0.2, 0.25) is 0 Å². The van der Waals surface area contributed by atoms with E-state index >= 15 is 0 Å². The van der Waals surface area contributed by atoms with E-state index in [1.54, 1.807) is 12.1 Å². The highest BCUT2D eigenvalue weighted by molar-refractivity contribution is 7.99. The maximum absolute atomic E-state index is 12.4. The van der Waals surface area contributed by atoms with Crippen molar-refractivity contribution in [3.05, 3.63) is 65.5 Å². The van der Waals surface area contributed by atoms with Gasteiger partial charge in [0, 0.05) is 11.7 Å². The zero-order chi connectivity index (χ0) is 24.8. The Morgan fingerprint density at radius 3 is 2.38 bits per heavy atom. The summed E-state index contributed by atoms with van der Waals surface area (Å²) in [5, 5.41) is 21.1. The van der Waals surface area contributed by atoms with Gasteiger partial charge < -0.3 is 19.7 Å². The molecule has 1 amide bonds. The molecule has 180 valence electrons. The Hall–Kier alpha value is -3.33. The van der Waals surface area contributed by atoms with E-state index in [1.807, 2.05) is 37.5 Å². The van der Waals surface area contributed by atoms with Gasteiger partial charge in [0.1, 0.15) is 5.75 Å². The molecule has 2 N–H and O–H groups in total. The van der Waals surface area contributed by atoms with Crippen LogP contribution in [-0.2, 0) is 4.79 Å². The number of benzene rings is 2. The molecule has 1 aromatic heterocycles. The van der Waals surface area contributed by atoms with Crippen LogP contribution in [0, 0.1) is 0 Å². The van der Waals surface area contributed by atoms with Crippen molar-refractivity contribution in [2.45, 2.75) is 57.8 Å². The molecule has 3 aromatic rings. The number of aromatic carboxylic acids is 1. The molecule has 1 unspecified atom stereocenters. The number of thioether (sulfide) groups is 1. The molecule has 3 rings (SSSR count). The molecule has 0 aliphatic heterocycles. The van der Waals surface area contributed by atoms with E-state index in [1.165, 1.54) is 29.5 Å². The number of nitrogens with one attached hydrogen (secondary N) is 1. The minimum atomic E-state index is -1.05. The lowest BCUT2D eigenvalue weighted by atomic mass is 10.0. The number of carbonyl (C=O) groups is 2. The van der Waals surface area contributed by atoms with Crippen LogP contribution in [0.25, 0.3) is 0 Å². The molecule has 0 aliphatic rings. The summed E-state index contributed by atoms with van der Waals surface area (Å²) in [6, 6.07) is 14.2. The quantitative estimate of drug-likeness (QED) is 0.365. The smallest absolute Gasteiger partial charge is 0.335 e. The molecule has 0 fully saturated rings. The number of anilines is 1. The minimum Gasteiger partial charge on any atom is -0.483 e. The molecule has 2 aromatic carbocycles. The third-order valence-corrected chi connectivity index (χ3v) is 6.10. The van der Waals surface area contributed by atoms with Gasteiger partial charge >= 0.3 is 5.97 Å². The molecule has 0 spiro atoms. The number of aromatic nitrogens is 3. The molecular weight excluding hydrogens is 452 g/mol. The zero-order valence-electron chi connectivity index (χ0n) is 20.0. The van der Waals surface area contributed by atoms with Crippen molar-refractivity contribution in [2.24, 2.45) is 0 Å². The van der Waals surface area contributed by atoms with Crippen molar-refractivity contribution in [2.75, 3.05) is 11.1 Å². The summed E-state index contributed by atoms with van der Waals surface area (Å²) in [7, 11) is 0. The standard InChI is InChI=1S/C25H30N4O4S/c1-15(2)18-9-11-21(12-10-18)33-17(5)23-27-28-25(29(23)16(3)4)34-14-22(30)26-20-8-6-7-19(13-20)24(31)32/h6-13,15-17H,14H2,1-5H3,(H,26,30)(H,31,32). The summed E-state index contributed by atoms with van der Waals surface area (Å²) in [5.41, 5.74) is 1.79. The molecule has 34 heavy (non-hydrogen) atoms. The average molecular weight is 483 g/mol. The second-order valence-corrected chi connectivity index (χ2v) is 9.45. The lowest BCUT2D eigenvalue weighted by Crippen LogP contribution is -2.17. The van der Waals surface area contributed by atoms with E-state index in [9.17, 15) is 9.59 Å². The van der Waals surface area contributed by atoms with Crippen molar-refractivity contribution in [3.63, 3.8) is 0 Å². The van der Waals surface area contributed by atoms with Crippen molar-refractivity contribution >= 4 is 29.3 Å². The van der Waals surface area contributed by atoms with Gasteiger partial charge in [-0.25, -0.2) is 4.79 Å². The maximum atomic E-state index is 12.4. The summed E-state index contributed by atoms with van der Waals surface area (Å²) < 4.78 is 8.08. The predicted molar refractivity (Wildman–Crippen MR) is 133 cm³/mol. The number of hydrogen-bond donors (Lipinski definition) is 2. The summed E-state index contributed by atoms with van der Waals surface area (Å²) in [5.74, 6) is 0.687. The van der Waals surface area contributed by atoms with Gasteiger partial charge in [0.05, 0.1) is 11.3 Å². The summed E-state index contributed by atoms with van der Waals surface area (Å²) in [6.07, 6.45) is -0.332. The van der Waals surface area contributed by atoms with Crippen molar-refractivity contribution in [1.82, 2.24) is 14.8 Å². The van der Waals surface area contributed by atoms with Gasteiger partial charge in [0.25, 0.3) is 0 Å². The number of carbonyl (C=O) groups excluding carboxylic acids is 1. The number of ether oxygens (including phenoxy) is 1. The topological polar surface area (TPSA) is 106 Å². The van der Waals surface area contributed by atoms with Crippen LogP contribution in [0.1, 0.15) is 74.4 Å². The molecule has 0 saturated heterocycles. The van der Waals surface area contributed by atoms with Gasteiger partial charge in [-0.3, -0.25) is 4.79 Å². The number of carboxylic acids is 1. The fourth-order valence-corrected chi connectivity index (χ4v) is 4.27. The highest BCUT2D eigenvalue weighted by atomic mass is 32.2. The summed E-state index contributed by atoms with van der Waals surface area (Å²) in [6.45, 7) is 10.3. The molecular formula is C25H30N4O4S. The van der Waals surface area contributed by atoms with E-state index < -0.39 is 5.97 Å². The van der Waals surface area contributed by atoms with Crippen LogP contribution in [0.3, 0.4) is 0 Å². The normalized spacial score (nSPS) is 12.1. The van der Waals surface area contributed by atoms with Crippen LogP contribution in [-0.4, -0.2) is 37.5 Å². The Balaban J connectivity index is 1.66. The third kappa shape index (κ3) is 6.38. The first-order valence-corrected chi connectivity index (χ1v) is 12.1. The fourth-order valence-electron chi connectivity index (χ4n) is 3.39. The van der Waals surface area contributed by atoms with Crippen molar-refractivity contribution in [1.29, 1.82) is 0 Å². The van der Waals surface area contributed by atoms with E-state index in [2.05, 4.69) is 41.5 Å². The van der Waals surface area contributed by atoms with Crippen LogP contribution < -0.4 is 10.1 Å². The highest BCUT2D eigenvalue weighted by Crippen LogP contribution is 2.28. The SMILES string of the molecule is CC(C)c1ccc(OC(C)c2nnc(SCC(=O)Nc3cccc(C(=O)O)c3)n2C(C)C)cc1. The van der Waals surface area contributed by atoms with E-state index in [-0.39, 0.29) is 29.4 Å². The van der Waals surface area contributed by atoms with E-state index in [4.69, 9.17) is 9.84 Å². The number of amides is 1. The average Bonchev–Trinajstić information content (AvgIpc) is 3.23. The van der Waals surface area contributed by atoms with Crippen LogP contribution in [0.5, 0.6) is 5.75 Å². The first-order valence-electron chi connectivity index (χ1n) is 11.1. The summed E-state index contributed by atoms with van der Waals surface area (Å²) >= 11 is 1.27. The predicted octanol–water partition coefficient (Wildman–Crippen LogP) is 5.55. The molecule has 0 bridgehead atoms. The van der Waals surface area contributed by atoms with Gasteiger partial charge in [-0.2, -0.15) is 0 Å². The zero-order valence-corrected chi connectivity index (χ0v) is 20.8. The monoisotopic (exact) mass is 482 g/mol. The minimum absolute atomic E-state index is 0.0668. The highest BCUT2D eigenvalue weighted by Gasteiger charge is 2.22. The second-order valence-electron chi connectivity index (χ2n) is 8.51. The molecule has 8 nitrogen and oxygen atoms in total. The largest absolute Gasteiger partial charge is 0.483 e. The van der Waals surface area contributed by atoms with Gasteiger partial charge in [-0.1, -0.05) is 43.8 Å². The lowest BCUT2D eigenvalue weighted by Gasteiger charge is -2.19. The first-order chi connectivity index (χ1) is 16.2. The summed E-state index contributed by atoms with van der Waals surface area (Å²) in [4.78, 5) is 23.6. The van der Waals surface area contributed by atoms with Crippen LogP contribution >= 0.6 is 11.8 Å². The van der Waals surface area contributed by atoms with Gasteiger partial charge in [0.2, 0.25) is 5.91 Å². The fraction of sp³-hybridized carbons (Fsp3) is 0.360. The van der Waals surface area contributed by atoms with Crippen LogP contribution in [0.15, 0.2) is 53.7 Å². The number of rotatable bonds is 10. The van der Waals surface area contributed by atoms with Crippen molar-refractivity contribution in [3.8, 4) is 5.75 Å². The van der Waals surface area contributed by atoms with Gasteiger partial charge in [-0.15, -0.1) is 10.2 Å². The van der Waals surface area contributed by atoms with Crippen molar-refractivity contribution < 1.29 is 19.4 Å². The lowest BCUT2D eigenvalue weighted by molar-refractivity contribution is -0.113. The van der Waals surface area contributed by atoms with Crippen LogP contribution in [0.4, 0.5) is 5.69 Å². The number of carboxylic acid groups (broad SMARTS) is 1. The Morgan fingerprint density at radius 1 is 1.06 bits per heavy atom. The Labute approximate surface area is 203 Å². The first kappa shape index (κ1) is 25.3. The molecule has 0 radical (unpaired) electrons. The van der Waals surface area contributed by atoms with Gasteiger partial charge in [-0.05, 0) is 62.6 Å². The maximum Gasteiger partial charge on any atom is 0.335 e. The third-order valence-electron chi connectivity index (χ3n) is 5.16. The van der Waals surface area contributed by atoms with E-state index in [0.29, 0.717) is 22.6 Å². The Bertz CT molecular complexity index is 1140. The number of nitrogens with zero attached hydrogens (tertiary/aromatic N) is 3. The Morgan fingerprint density at radius 2 is 1.76 bits per heavy atom. The van der Waals surface area contributed by atoms with E-state index in [0.717, 1.165) is 5.75 Å².